The third-order valence-electron chi connectivity index (χ3n) is 2.67. The molecule has 0 aliphatic rings. The molecule has 1 aromatic carbocycles. The van der Waals surface area contributed by atoms with Crippen LogP contribution in [0.1, 0.15) is 5.69 Å². The Morgan fingerprint density at radius 1 is 1.26 bits per heavy atom. The van der Waals surface area contributed by atoms with Crippen LogP contribution in [0.5, 0.6) is 0 Å². The minimum atomic E-state index is -3.47. The van der Waals surface area contributed by atoms with Gasteiger partial charge in [0.2, 0.25) is 10.0 Å². The van der Waals surface area contributed by atoms with Gasteiger partial charge in [0, 0.05) is 13.2 Å². The summed E-state index contributed by atoms with van der Waals surface area (Å²) in [4.78, 5) is 0.230. The van der Waals surface area contributed by atoms with E-state index in [1.165, 1.54) is 7.05 Å². The lowest BCUT2D eigenvalue weighted by atomic mass is 10.3. The van der Waals surface area contributed by atoms with E-state index in [1.54, 1.807) is 28.9 Å². The fraction of sp³-hybridized carbons (Fsp3) is 0.250. The number of benzene rings is 1. The molecule has 102 valence electrons. The van der Waals surface area contributed by atoms with E-state index in [9.17, 15) is 8.42 Å². The van der Waals surface area contributed by atoms with Crippen molar-refractivity contribution in [1.29, 1.82) is 0 Å². The zero-order valence-electron chi connectivity index (χ0n) is 10.8. The van der Waals surface area contributed by atoms with Gasteiger partial charge in [-0.25, -0.2) is 13.1 Å². The number of para-hydroxylation sites is 1. The average molecular weight is 280 g/mol. The lowest BCUT2D eigenvalue weighted by molar-refractivity contribution is 0.588. The van der Waals surface area contributed by atoms with E-state index in [2.05, 4.69) is 15.1 Å². The molecule has 2 N–H and O–H groups in total. The van der Waals surface area contributed by atoms with Gasteiger partial charge in [-0.05, 0) is 25.2 Å². The van der Waals surface area contributed by atoms with Gasteiger partial charge in [-0.15, -0.1) is 0 Å². The molecule has 0 amide bonds. The summed E-state index contributed by atoms with van der Waals surface area (Å²) in [5, 5.41) is 7.32. The number of rotatable bonds is 5. The Kier molecular flexibility index (Phi) is 3.87. The second-order valence-electron chi connectivity index (χ2n) is 4.04. The van der Waals surface area contributed by atoms with Crippen molar-refractivity contribution in [3.63, 3.8) is 0 Å². The molecule has 0 radical (unpaired) electrons. The number of hydrogen-bond donors (Lipinski definition) is 2. The summed E-state index contributed by atoms with van der Waals surface area (Å²) < 4.78 is 27.7. The van der Waals surface area contributed by atoms with Gasteiger partial charge in [-0.2, -0.15) is 5.10 Å². The zero-order valence-corrected chi connectivity index (χ0v) is 11.6. The Labute approximate surface area is 112 Å². The van der Waals surface area contributed by atoms with Gasteiger partial charge in [-0.3, -0.25) is 4.68 Å². The van der Waals surface area contributed by atoms with Crippen molar-refractivity contribution in [2.45, 2.75) is 11.4 Å². The first-order chi connectivity index (χ1) is 9.03. The molecule has 0 spiro atoms. The van der Waals surface area contributed by atoms with Crippen LogP contribution >= 0.6 is 0 Å². The maximum absolute atomic E-state index is 11.9. The van der Waals surface area contributed by atoms with Crippen molar-refractivity contribution in [3.8, 4) is 0 Å². The highest BCUT2D eigenvalue weighted by Gasteiger charge is 2.15. The average Bonchev–Trinajstić information content (AvgIpc) is 2.82. The van der Waals surface area contributed by atoms with Gasteiger partial charge in [0.05, 0.1) is 17.9 Å². The Morgan fingerprint density at radius 3 is 2.63 bits per heavy atom. The maximum atomic E-state index is 11.9. The molecule has 0 fully saturated rings. The lowest BCUT2D eigenvalue weighted by Gasteiger charge is -2.10. The first-order valence-electron chi connectivity index (χ1n) is 5.78. The normalized spacial score (nSPS) is 11.5. The van der Waals surface area contributed by atoms with Crippen molar-refractivity contribution in [2.75, 3.05) is 12.4 Å². The fourth-order valence-corrected chi connectivity index (χ4v) is 2.61. The van der Waals surface area contributed by atoms with E-state index >= 15 is 0 Å². The quantitative estimate of drug-likeness (QED) is 0.854. The van der Waals surface area contributed by atoms with Crippen LogP contribution in [-0.4, -0.2) is 25.2 Å². The van der Waals surface area contributed by atoms with Gasteiger partial charge >= 0.3 is 0 Å². The molecule has 0 saturated heterocycles. The molecule has 6 nitrogen and oxygen atoms in total. The topological polar surface area (TPSA) is 76.0 Å². The molecule has 1 aromatic heterocycles. The predicted molar refractivity (Wildman–Crippen MR) is 73.2 cm³/mol. The van der Waals surface area contributed by atoms with Gasteiger partial charge in [-0.1, -0.05) is 12.1 Å². The number of anilines is 1. The van der Waals surface area contributed by atoms with Crippen LogP contribution in [0.15, 0.2) is 41.4 Å². The van der Waals surface area contributed by atoms with Crippen molar-refractivity contribution >= 4 is 15.7 Å². The summed E-state index contributed by atoms with van der Waals surface area (Å²) in [6.07, 6.45) is 1.84. The molecule has 0 saturated carbocycles. The van der Waals surface area contributed by atoms with Crippen molar-refractivity contribution in [3.05, 3.63) is 42.2 Å². The van der Waals surface area contributed by atoms with Gasteiger partial charge in [0.25, 0.3) is 0 Å². The first-order valence-corrected chi connectivity index (χ1v) is 7.26. The number of sulfonamides is 1. The van der Waals surface area contributed by atoms with E-state index in [-0.39, 0.29) is 4.90 Å². The Morgan fingerprint density at radius 2 is 2.00 bits per heavy atom. The Balaban J connectivity index is 2.21. The van der Waals surface area contributed by atoms with Crippen molar-refractivity contribution in [1.82, 2.24) is 14.5 Å². The van der Waals surface area contributed by atoms with E-state index in [1.807, 2.05) is 19.3 Å². The number of aryl methyl sites for hydroxylation is 1. The standard InChI is InChI=1S/C12H16N4O2S/c1-13-19(17,18)12-6-4-3-5-11(12)14-9-10-7-8-16(2)15-10/h3-8,13-14H,9H2,1-2H3. The van der Waals surface area contributed by atoms with Crippen LogP contribution in [0.3, 0.4) is 0 Å². The Bertz CT molecular complexity index is 664. The zero-order chi connectivity index (χ0) is 13.9. The highest BCUT2D eigenvalue weighted by Crippen LogP contribution is 2.20. The molecule has 0 aliphatic heterocycles. The summed E-state index contributed by atoms with van der Waals surface area (Å²) >= 11 is 0. The second kappa shape index (κ2) is 5.41. The van der Waals surface area contributed by atoms with Crippen LogP contribution in [-0.2, 0) is 23.6 Å². The highest BCUT2D eigenvalue weighted by molar-refractivity contribution is 7.89. The molecule has 0 bridgehead atoms. The van der Waals surface area contributed by atoms with E-state index in [4.69, 9.17) is 0 Å². The molecule has 19 heavy (non-hydrogen) atoms. The third kappa shape index (κ3) is 3.12. The summed E-state index contributed by atoms with van der Waals surface area (Å²) in [7, 11) is -0.236. The Hall–Kier alpha value is -1.86. The van der Waals surface area contributed by atoms with Gasteiger partial charge in [0.1, 0.15) is 4.90 Å². The van der Waals surface area contributed by atoms with Crippen LogP contribution in [0.4, 0.5) is 5.69 Å². The number of aromatic nitrogens is 2. The summed E-state index contributed by atoms with van der Waals surface area (Å²) in [5.74, 6) is 0. The van der Waals surface area contributed by atoms with Crippen LogP contribution in [0.25, 0.3) is 0 Å². The first kappa shape index (κ1) is 13.6. The fourth-order valence-electron chi connectivity index (χ4n) is 1.70. The molecule has 1 heterocycles. The van der Waals surface area contributed by atoms with Crippen molar-refractivity contribution < 1.29 is 8.42 Å². The van der Waals surface area contributed by atoms with Crippen LogP contribution < -0.4 is 10.0 Å². The summed E-state index contributed by atoms with van der Waals surface area (Å²) in [6, 6.07) is 8.65. The van der Waals surface area contributed by atoms with E-state index in [0.29, 0.717) is 12.2 Å². The third-order valence-corrected chi connectivity index (χ3v) is 4.15. The van der Waals surface area contributed by atoms with Gasteiger partial charge in [0.15, 0.2) is 0 Å². The number of nitrogens with zero attached hydrogens (tertiary/aromatic N) is 2. The SMILES string of the molecule is CNS(=O)(=O)c1ccccc1NCc1ccn(C)n1. The summed E-state index contributed by atoms with van der Waals surface area (Å²) in [6.45, 7) is 0.469. The van der Waals surface area contributed by atoms with Crippen LogP contribution in [0.2, 0.25) is 0 Å². The maximum Gasteiger partial charge on any atom is 0.242 e. The molecule has 0 unspecified atom stereocenters. The smallest absolute Gasteiger partial charge is 0.242 e. The molecule has 0 atom stereocenters. The lowest BCUT2D eigenvalue weighted by Crippen LogP contribution is -2.20. The minimum absolute atomic E-state index is 0.230. The second-order valence-corrected chi connectivity index (χ2v) is 5.89. The largest absolute Gasteiger partial charge is 0.378 e. The molecular formula is C12H16N4O2S. The minimum Gasteiger partial charge on any atom is -0.378 e. The monoisotopic (exact) mass is 280 g/mol. The molecular weight excluding hydrogens is 264 g/mol. The molecule has 2 aromatic rings. The number of nitrogens with one attached hydrogen (secondary N) is 2. The van der Waals surface area contributed by atoms with Crippen LogP contribution in [0, 0.1) is 0 Å². The number of hydrogen-bond acceptors (Lipinski definition) is 4. The predicted octanol–water partition coefficient (Wildman–Crippen LogP) is 0.940. The van der Waals surface area contributed by atoms with E-state index < -0.39 is 10.0 Å². The molecule has 0 aliphatic carbocycles. The van der Waals surface area contributed by atoms with Crippen molar-refractivity contribution in [2.24, 2.45) is 7.05 Å². The molecule has 2 rings (SSSR count). The van der Waals surface area contributed by atoms with Gasteiger partial charge < -0.3 is 5.32 Å². The molecule has 7 heteroatoms. The summed E-state index contributed by atoms with van der Waals surface area (Å²) in [5.41, 5.74) is 1.40. The van der Waals surface area contributed by atoms with E-state index in [0.717, 1.165) is 5.69 Å². The highest BCUT2D eigenvalue weighted by atomic mass is 32.2.